The molecule has 0 saturated heterocycles. The lowest BCUT2D eigenvalue weighted by Crippen LogP contribution is -2.15. The molecule has 0 atom stereocenters. The van der Waals surface area contributed by atoms with Gasteiger partial charge >= 0.3 is 12.6 Å². The number of aliphatic carboxylic acids is 1. The SMILES string of the molecule is Cc1cc(C(=O)Nc2ccn(CC(=O)O)n2)cc(C)c1OC(F)F. The van der Waals surface area contributed by atoms with Crippen LogP contribution in [0.5, 0.6) is 5.75 Å². The molecule has 0 aliphatic carbocycles. The molecule has 2 rings (SSSR count). The summed E-state index contributed by atoms with van der Waals surface area (Å²) < 4.78 is 30.3. The van der Waals surface area contributed by atoms with Gasteiger partial charge in [0.05, 0.1) is 0 Å². The van der Waals surface area contributed by atoms with E-state index in [-0.39, 0.29) is 23.7 Å². The highest BCUT2D eigenvalue weighted by Crippen LogP contribution is 2.26. The number of carboxylic acid groups (broad SMARTS) is 1. The number of carboxylic acids is 1. The number of nitrogens with zero attached hydrogens (tertiary/aromatic N) is 2. The minimum absolute atomic E-state index is 0.0345. The lowest BCUT2D eigenvalue weighted by atomic mass is 10.1. The third-order valence-corrected chi connectivity index (χ3v) is 3.11. The van der Waals surface area contributed by atoms with Gasteiger partial charge in [0.1, 0.15) is 12.3 Å². The molecule has 1 heterocycles. The summed E-state index contributed by atoms with van der Waals surface area (Å²) in [6.45, 7) is -0.153. The van der Waals surface area contributed by atoms with Crippen LogP contribution in [0.2, 0.25) is 0 Å². The smallest absolute Gasteiger partial charge is 0.387 e. The summed E-state index contributed by atoms with van der Waals surface area (Å²) in [6.07, 6.45) is 1.42. The summed E-state index contributed by atoms with van der Waals surface area (Å²) in [5.41, 5.74) is 1.05. The molecule has 0 bridgehead atoms. The van der Waals surface area contributed by atoms with Crippen LogP contribution < -0.4 is 10.1 Å². The van der Waals surface area contributed by atoms with E-state index in [2.05, 4.69) is 15.2 Å². The van der Waals surface area contributed by atoms with Crippen molar-refractivity contribution >= 4 is 17.7 Å². The highest BCUT2D eigenvalue weighted by atomic mass is 19.3. The van der Waals surface area contributed by atoms with Gasteiger partial charge in [0.15, 0.2) is 5.82 Å². The number of carbonyl (C=O) groups is 2. The van der Waals surface area contributed by atoms with E-state index in [9.17, 15) is 18.4 Å². The molecular formula is C15H15F2N3O4. The molecule has 1 aromatic heterocycles. The number of alkyl halides is 2. The molecule has 9 heteroatoms. The second-order valence-corrected chi connectivity index (χ2v) is 5.06. The van der Waals surface area contributed by atoms with Gasteiger partial charge in [0, 0.05) is 17.8 Å². The Kier molecular flexibility index (Phi) is 5.12. The predicted molar refractivity (Wildman–Crippen MR) is 80.4 cm³/mol. The van der Waals surface area contributed by atoms with Crippen LogP contribution in [-0.4, -0.2) is 33.4 Å². The van der Waals surface area contributed by atoms with E-state index in [0.29, 0.717) is 11.1 Å². The lowest BCUT2D eigenvalue weighted by Gasteiger charge is -2.13. The average Bonchev–Trinajstić information content (AvgIpc) is 2.88. The molecule has 2 N–H and O–H groups in total. The van der Waals surface area contributed by atoms with Gasteiger partial charge in [-0.2, -0.15) is 13.9 Å². The molecule has 1 amide bonds. The zero-order valence-electron chi connectivity index (χ0n) is 12.9. The van der Waals surface area contributed by atoms with E-state index in [0.717, 1.165) is 4.68 Å². The molecule has 0 unspecified atom stereocenters. The summed E-state index contributed by atoms with van der Waals surface area (Å²) in [5, 5.41) is 15.1. The van der Waals surface area contributed by atoms with Crippen molar-refractivity contribution < 1.29 is 28.2 Å². The van der Waals surface area contributed by atoms with Crippen molar-refractivity contribution in [2.75, 3.05) is 5.32 Å². The van der Waals surface area contributed by atoms with Crippen LogP contribution in [-0.2, 0) is 11.3 Å². The predicted octanol–water partition coefficient (Wildman–Crippen LogP) is 2.44. The zero-order valence-corrected chi connectivity index (χ0v) is 12.9. The number of carbonyl (C=O) groups excluding carboxylic acids is 1. The van der Waals surface area contributed by atoms with Crippen LogP contribution in [0, 0.1) is 13.8 Å². The van der Waals surface area contributed by atoms with Crippen molar-refractivity contribution in [3.8, 4) is 5.75 Å². The molecule has 0 spiro atoms. The third kappa shape index (κ3) is 4.28. The Balaban J connectivity index is 2.15. The summed E-state index contributed by atoms with van der Waals surface area (Å²) in [6, 6.07) is 4.30. The monoisotopic (exact) mass is 339 g/mol. The van der Waals surface area contributed by atoms with Crippen molar-refractivity contribution in [3.05, 3.63) is 41.1 Å². The Labute approximate surface area is 135 Å². The first kappa shape index (κ1) is 17.4. The van der Waals surface area contributed by atoms with Crippen molar-refractivity contribution in [1.29, 1.82) is 0 Å². The molecule has 128 valence electrons. The lowest BCUT2D eigenvalue weighted by molar-refractivity contribution is -0.137. The van der Waals surface area contributed by atoms with Crippen LogP contribution in [0.4, 0.5) is 14.6 Å². The zero-order chi connectivity index (χ0) is 17.9. The minimum Gasteiger partial charge on any atom is -0.480 e. The van der Waals surface area contributed by atoms with Crippen LogP contribution in [0.3, 0.4) is 0 Å². The Hall–Kier alpha value is -2.97. The third-order valence-electron chi connectivity index (χ3n) is 3.11. The quantitative estimate of drug-likeness (QED) is 0.843. The summed E-state index contributed by atoms with van der Waals surface area (Å²) in [4.78, 5) is 22.8. The normalized spacial score (nSPS) is 10.7. The molecule has 0 fully saturated rings. The molecule has 2 aromatic rings. The molecule has 0 radical (unpaired) electrons. The van der Waals surface area contributed by atoms with Crippen molar-refractivity contribution in [3.63, 3.8) is 0 Å². The second kappa shape index (κ2) is 7.07. The molecule has 1 aromatic carbocycles. The van der Waals surface area contributed by atoms with Gasteiger partial charge in [-0.1, -0.05) is 0 Å². The molecule has 0 aliphatic heterocycles. The van der Waals surface area contributed by atoms with Crippen molar-refractivity contribution in [2.45, 2.75) is 27.0 Å². The maximum absolute atomic E-state index is 12.4. The number of nitrogens with one attached hydrogen (secondary N) is 1. The Morgan fingerprint density at radius 1 is 1.33 bits per heavy atom. The summed E-state index contributed by atoms with van der Waals surface area (Å²) in [7, 11) is 0. The number of aromatic nitrogens is 2. The molecule has 7 nitrogen and oxygen atoms in total. The molecular weight excluding hydrogens is 324 g/mol. The van der Waals surface area contributed by atoms with Gasteiger partial charge in [-0.25, -0.2) is 0 Å². The number of ether oxygens (including phenoxy) is 1. The van der Waals surface area contributed by atoms with E-state index in [1.54, 1.807) is 13.8 Å². The highest BCUT2D eigenvalue weighted by molar-refractivity contribution is 6.04. The van der Waals surface area contributed by atoms with Gasteiger partial charge in [-0.05, 0) is 37.1 Å². The van der Waals surface area contributed by atoms with E-state index < -0.39 is 18.5 Å². The number of aryl methyl sites for hydroxylation is 2. The fourth-order valence-corrected chi connectivity index (χ4v) is 2.20. The van der Waals surface area contributed by atoms with Gasteiger partial charge in [-0.15, -0.1) is 0 Å². The Bertz CT molecular complexity index is 751. The fourth-order valence-electron chi connectivity index (χ4n) is 2.20. The number of hydrogen-bond donors (Lipinski definition) is 2. The van der Waals surface area contributed by atoms with Crippen LogP contribution in [0.25, 0.3) is 0 Å². The fraction of sp³-hybridized carbons (Fsp3) is 0.267. The molecule has 24 heavy (non-hydrogen) atoms. The van der Waals surface area contributed by atoms with Crippen molar-refractivity contribution in [2.24, 2.45) is 0 Å². The Morgan fingerprint density at radius 2 is 1.96 bits per heavy atom. The Morgan fingerprint density at radius 3 is 2.50 bits per heavy atom. The maximum atomic E-state index is 12.4. The van der Waals surface area contributed by atoms with E-state index in [1.807, 2.05) is 0 Å². The van der Waals surface area contributed by atoms with Gasteiger partial charge in [-0.3, -0.25) is 14.3 Å². The van der Waals surface area contributed by atoms with Gasteiger partial charge < -0.3 is 15.2 Å². The number of anilines is 1. The van der Waals surface area contributed by atoms with Gasteiger partial charge in [0.2, 0.25) is 0 Å². The van der Waals surface area contributed by atoms with Crippen LogP contribution >= 0.6 is 0 Å². The number of amides is 1. The number of rotatable bonds is 6. The number of halogens is 2. The van der Waals surface area contributed by atoms with Crippen LogP contribution in [0.15, 0.2) is 24.4 Å². The largest absolute Gasteiger partial charge is 0.480 e. The maximum Gasteiger partial charge on any atom is 0.387 e. The number of benzene rings is 1. The summed E-state index contributed by atoms with van der Waals surface area (Å²) in [5.74, 6) is -1.33. The van der Waals surface area contributed by atoms with Crippen LogP contribution in [0.1, 0.15) is 21.5 Å². The number of hydrogen-bond acceptors (Lipinski definition) is 4. The minimum atomic E-state index is -2.94. The highest BCUT2D eigenvalue weighted by Gasteiger charge is 2.15. The van der Waals surface area contributed by atoms with Crippen molar-refractivity contribution in [1.82, 2.24) is 9.78 Å². The van der Waals surface area contributed by atoms with Gasteiger partial charge in [0.25, 0.3) is 5.91 Å². The molecule has 0 aliphatic rings. The molecule has 0 saturated carbocycles. The van der Waals surface area contributed by atoms with E-state index in [1.165, 1.54) is 24.4 Å². The average molecular weight is 339 g/mol. The first-order valence-corrected chi connectivity index (χ1v) is 6.89. The van der Waals surface area contributed by atoms with E-state index >= 15 is 0 Å². The topological polar surface area (TPSA) is 93.5 Å². The summed E-state index contributed by atoms with van der Waals surface area (Å²) >= 11 is 0. The first-order chi connectivity index (χ1) is 11.3. The first-order valence-electron chi connectivity index (χ1n) is 6.89. The van der Waals surface area contributed by atoms with E-state index in [4.69, 9.17) is 5.11 Å². The standard InChI is InChI=1S/C15H15F2N3O4/c1-8-5-10(6-9(2)13(8)24-15(16)17)14(23)18-11-3-4-20(19-11)7-12(21)22/h3-6,15H,7H2,1-2H3,(H,21,22)(H,18,19,23). The second-order valence-electron chi connectivity index (χ2n) is 5.06.